The fraction of sp³-hybridized carbons (Fsp3) is 0.333. The Labute approximate surface area is 132 Å². The summed E-state index contributed by atoms with van der Waals surface area (Å²) in [4.78, 5) is 0. The summed E-state index contributed by atoms with van der Waals surface area (Å²) in [7, 11) is 0. The molecule has 0 saturated heterocycles. The third kappa shape index (κ3) is 2.40. The summed E-state index contributed by atoms with van der Waals surface area (Å²) in [5.74, 6) is 0. The molecule has 20 heavy (non-hydrogen) atoms. The summed E-state index contributed by atoms with van der Waals surface area (Å²) < 4.78 is 6.56. The van der Waals surface area contributed by atoms with Crippen LogP contribution in [0.5, 0.6) is 0 Å². The van der Waals surface area contributed by atoms with Gasteiger partial charge in [0.1, 0.15) is 0 Å². The van der Waals surface area contributed by atoms with E-state index < -0.39 is 0 Å². The monoisotopic (exact) mass is 378 g/mol. The van der Waals surface area contributed by atoms with Gasteiger partial charge in [0.05, 0.1) is 0 Å². The first-order valence-corrected chi connectivity index (χ1v) is 9.71. The van der Waals surface area contributed by atoms with E-state index in [0.717, 1.165) is 6.42 Å². The van der Waals surface area contributed by atoms with E-state index in [0.29, 0.717) is 3.92 Å². The van der Waals surface area contributed by atoms with E-state index in [4.69, 9.17) is 3.95 Å². The van der Waals surface area contributed by atoms with Crippen LogP contribution in [0.25, 0.3) is 5.57 Å². The van der Waals surface area contributed by atoms with E-state index >= 15 is 0 Å². The first kappa shape index (κ1) is 14.1. The van der Waals surface area contributed by atoms with Crippen LogP contribution in [0.2, 0.25) is 0 Å². The predicted octanol–water partition coefficient (Wildman–Crippen LogP) is 1.01. The van der Waals surface area contributed by atoms with E-state index in [9.17, 15) is 0 Å². The van der Waals surface area contributed by atoms with Crippen LogP contribution < -0.4 is 25.4 Å². The molecule has 0 bridgehead atoms. The second-order valence-electron chi connectivity index (χ2n) is 5.58. The van der Waals surface area contributed by atoms with Gasteiger partial charge in [-0.25, -0.2) is 0 Å². The number of hydrogen-bond acceptors (Lipinski definition) is 1. The van der Waals surface area contributed by atoms with E-state index in [1.165, 1.54) is 40.7 Å². The van der Waals surface area contributed by atoms with Crippen molar-refractivity contribution in [3.05, 3.63) is 64.3 Å². The van der Waals surface area contributed by atoms with Crippen LogP contribution in [0.3, 0.4) is 0 Å². The molecule has 2 aliphatic carbocycles. The predicted molar refractivity (Wildman–Crippen MR) is 81.8 cm³/mol. The molecule has 1 aromatic carbocycles. The molecule has 1 nitrogen and oxygen atoms in total. The van der Waals surface area contributed by atoms with Crippen LogP contribution in [0.15, 0.2) is 53.1 Å². The van der Waals surface area contributed by atoms with Crippen molar-refractivity contribution in [3.63, 3.8) is 0 Å². The molecule has 0 amide bonds. The number of alkyl halides is 1. The minimum atomic E-state index is -0.237. The molecule has 0 heterocycles. The number of hydrogen-bond donors (Lipinski definition) is 1. The summed E-state index contributed by atoms with van der Waals surface area (Å²) in [6.45, 7) is 4.57. The van der Waals surface area contributed by atoms with Gasteiger partial charge in [0.25, 0.3) is 0 Å². The van der Waals surface area contributed by atoms with Crippen molar-refractivity contribution in [1.29, 1.82) is 0 Å². The quantitative estimate of drug-likeness (QED) is 0.464. The van der Waals surface area contributed by atoms with Crippen LogP contribution in [-0.4, -0.2) is 3.92 Å². The Kier molecular flexibility index (Phi) is 4.13. The Morgan fingerprint density at radius 1 is 1.30 bits per heavy atom. The van der Waals surface area contributed by atoms with Crippen LogP contribution in [0.1, 0.15) is 37.8 Å². The standard InChI is InChI=1S/C18H21IN/c1-12(13(2)19-20)18-16-9-5-3-7-14(16)11-15-8-4-6-10-17(15)18/h3-5,7-9,13H,6,10-11,20H2,1-2H3/q-1/b18-12+/t13-/m1/s1. The van der Waals surface area contributed by atoms with E-state index in [1.54, 1.807) is 5.57 Å². The fourth-order valence-corrected chi connectivity index (χ4v) is 4.05. The SMILES string of the molecule is C/C(=C1\C2=C(C=CCC2)Cc2ccccc21)[C@@H](C)[I-]N. The Morgan fingerprint density at radius 3 is 2.90 bits per heavy atom. The van der Waals surface area contributed by atoms with Gasteiger partial charge < -0.3 is 0 Å². The van der Waals surface area contributed by atoms with Crippen molar-refractivity contribution in [3.8, 4) is 0 Å². The molecule has 3 rings (SSSR count). The average molecular weight is 378 g/mol. The van der Waals surface area contributed by atoms with Gasteiger partial charge in [-0.2, -0.15) is 0 Å². The molecular formula is C18H21IN-. The van der Waals surface area contributed by atoms with E-state index in [2.05, 4.69) is 50.3 Å². The van der Waals surface area contributed by atoms with Crippen molar-refractivity contribution in [2.24, 2.45) is 3.95 Å². The van der Waals surface area contributed by atoms with Crippen molar-refractivity contribution in [1.82, 2.24) is 0 Å². The van der Waals surface area contributed by atoms with Gasteiger partial charge in [0.15, 0.2) is 0 Å². The maximum absolute atomic E-state index is 6.01. The normalized spacial score (nSPS) is 21.6. The number of halogens is 1. The van der Waals surface area contributed by atoms with Crippen molar-refractivity contribution in [2.45, 2.75) is 37.0 Å². The first-order valence-electron chi connectivity index (χ1n) is 7.22. The maximum atomic E-state index is 6.01. The molecule has 2 heteroatoms. The van der Waals surface area contributed by atoms with Crippen LogP contribution in [0, 0.1) is 0 Å². The average Bonchev–Trinajstić information content (AvgIpc) is 2.51. The van der Waals surface area contributed by atoms with Crippen molar-refractivity contribution >= 4 is 5.57 Å². The second kappa shape index (κ2) is 5.86. The minimum absolute atomic E-state index is 0.237. The summed E-state index contributed by atoms with van der Waals surface area (Å²) in [5, 5.41) is 0. The zero-order valence-corrected chi connectivity index (χ0v) is 14.3. The van der Waals surface area contributed by atoms with Gasteiger partial charge in [-0.1, -0.05) is 0 Å². The summed E-state index contributed by atoms with van der Waals surface area (Å²) in [6, 6.07) is 8.89. The molecule has 0 fully saturated rings. The van der Waals surface area contributed by atoms with E-state index in [1.807, 2.05) is 0 Å². The Morgan fingerprint density at radius 2 is 2.10 bits per heavy atom. The fourth-order valence-electron chi connectivity index (χ4n) is 3.20. The van der Waals surface area contributed by atoms with Gasteiger partial charge in [0.2, 0.25) is 0 Å². The van der Waals surface area contributed by atoms with Gasteiger partial charge in [-0.05, 0) is 0 Å². The molecular weight excluding hydrogens is 357 g/mol. The Balaban J connectivity index is 2.22. The molecule has 0 aliphatic heterocycles. The summed E-state index contributed by atoms with van der Waals surface area (Å²) in [6.07, 6.45) is 8.10. The Hall–Kier alpha value is -0.870. The molecule has 0 spiro atoms. The van der Waals surface area contributed by atoms with Gasteiger partial charge >= 0.3 is 132 Å². The molecule has 0 aromatic heterocycles. The van der Waals surface area contributed by atoms with Crippen LogP contribution in [-0.2, 0) is 6.42 Å². The van der Waals surface area contributed by atoms with E-state index in [-0.39, 0.29) is 21.5 Å². The van der Waals surface area contributed by atoms with Crippen molar-refractivity contribution in [2.75, 3.05) is 0 Å². The molecule has 2 aliphatic rings. The van der Waals surface area contributed by atoms with Gasteiger partial charge in [0, 0.05) is 0 Å². The molecule has 106 valence electrons. The third-order valence-electron chi connectivity index (χ3n) is 4.42. The molecule has 0 radical (unpaired) electrons. The first-order chi connectivity index (χ1) is 9.72. The number of nitrogens with two attached hydrogens (primary N) is 1. The molecule has 0 unspecified atom stereocenters. The molecule has 1 atom stereocenters. The van der Waals surface area contributed by atoms with Crippen molar-refractivity contribution < 1.29 is 21.5 Å². The number of benzene rings is 1. The molecule has 2 N–H and O–H groups in total. The zero-order chi connectivity index (χ0) is 14.1. The third-order valence-corrected chi connectivity index (χ3v) is 6.43. The van der Waals surface area contributed by atoms with Gasteiger partial charge in [-0.15, -0.1) is 0 Å². The zero-order valence-electron chi connectivity index (χ0n) is 12.1. The summed E-state index contributed by atoms with van der Waals surface area (Å²) in [5.41, 5.74) is 9.01. The number of allylic oxidation sites excluding steroid dienone is 6. The Bertz CT molecular complexity index is 622. The molecule has 0 saturated carbocycles. The summed E-state index contributed by atoms with van der Waals surface area (Å²) >= 11 is -0.237. The second-order valence-corrected chi connectivity index (χ2v) is 8.17. The number of fused-ring (bicyclic) bond motifs is 1. The van der Waals surface area contributed by atoms with Crippen LogP contribution >= 0.6 is 0 Å². The van der Waals surface area contributed by atoms with Crippen LogP contribution in [0.4, 0.5) is 0 Å². The topological polar surface area (TPSA) is 26.0 Å². The number of rotatable bonds is 2. The molecule has 1 aromatic rings. The van der Waals surface area contributed by atoms with Gasteiger partial charge in [-0.3, -0.25) is 0 Å².